The summed E-state index contributed by atoms with van der Waals surface area (Å²) in [6.45, 7) is 2.04. The Morgan fingerprint density at radius 1 is 1.03 bits per heavy atom. The molecular weight excluding hydrogens is 470 g/mol. The van der Waals surface area contributed by atoms with Crippen LogP contribution < -0.4 is 9.64 Å². The smallest absolute Gasteiger partial charge is 0.414 e. The topological polar surface area (TPSA) is 93.9 Å². The molecule has 2 saturated carbocycles. The number of ether oxygens (including phenoxy) is 2. The van der Waals surface area contributed by atoms with Gasteiger partial charge in [-0.3, -0.25) is 9.69 Å². The zero-order valence-corrected chi connectivity index (χ0v) is 21.4. The number of aryl methyl sites for hydroxylation is 1. The molecular formula is C29H33N3O5. The quantitative estimate of drug-likeness (QED) is 0.471. The maximum Gasteiger partial charge on any atom is 0.414 e. The van der Waals surface area contributed by atoms with Gasteiger partial charge in [0.15, 0.2) is 11.4 Å². The van der Waals surface area contributed by atoms with E-state index in [9.17, 15) is 14.7 Å². The highest BCUT2D eigenvalue weighted by atomic mass is 16.5. The van der Waals surface area contributed by atoms with Crippen molar-refractivity contribution in [3.05, 3.63) is 53.9 Å². The van der Waals surface area contributed by atoms with Crippen molar-refractivity contribution >= 4 is 28.8 Å². The summed E-state index contributed by atoms with van der Waals surface area (Å²) in [5, 5.41) is 9.55. The molecule has 37 heavy (non-hydrogen) atoms. The number of nitrogens with zero attached hydrogens (tertiary/aromatic N) is 3. The van der Waals surface area contributed by atoms with E-state index in [1.807, 2.05) is 43.3 Å². The Balaban J connectivity index is 1.48. The first kappa shape index (κ1) is 23.8. The standard InChI is InChI=1S/C29H33N3O5/c1-18-8-13-22-23(31(18)28(35)36-2)14-15-24-25(22)30-27(29(16-17-29)37-21-6-4-3-5-7-21)32(24)20-11-9-19(10-12-20)26(33)34/h3-7,14-15,18-20H,8-13,16-17H2,1-2H3,(H,33,34)/t18-,19?,20?/m0/s1. The number of hydrogen-bond donors (Lipinski definition) is 1. The molecule has 1 aliphatic heterocycles. The van der Waals surface area contributed by atoms with E-state index in [0.29, 0.717) is 12.8 Å². The molecule has 6 rings (SSSR count). The lowest BCUT2D eigenvalue weighted by atomic mass is 9.85. The number of anilines is 1. The minimum atomic E-state index is -0.702. The molecule has 2 aromatic carbocycles. The zero-order chi connectivity index (χ0) is 25.7. The number of aromatic nitrogens is 2. The fraction of sp³-hybridized carbons (Fsp3) is 0.483. The molecule has 1 aromatic heterocycles. The highest BCUT2D eigenvalue weighted by Gasteiger charge is 2.52. The average Bonchev–Trinajstić information content (AvgIpc) is 3.58. The van der Waals surface area contributed by atoms with E-state index < -0.39 is 11.6 Å². The number of amides is 1. The molecule has 2 aliphatic carbocycles. The van der Waals surface area contributed by atoms with Crippen LogP contribution in [0.5, 0.6) is 5.75 Å². The molecule has 8 nitrogen and oxygen atoms in total. The first-order valence-corrected chi connectivity index (χ1v) is 13.3. The number of carbonyl (C=O) groups excluding carboxylic acids is 1. The normalized spacial score (nSPS) is 24.4. The molecule has 1 atom stereocenters. The van der Waals surface area contributed by atoms with E-state index >= 15 is 0 Å². The van der Waals surface area contributed by atoms with Crippen LogP contribution in [0.25, 0.3) is 11.0 Å². The van der Waals surface area contributed by atoms with E-state index in [1.165, 1.54) is 7.11 Å². The Kier molecular flexibility index (Phi) is 5.85. The summed E-state index contributed by atoms with van der Waals surface area (Å²) < 4.78 is 14.0. The fourth-order valence-electron chi connectivity index (χ4n) is 6.25. The molecule has 1 N–H and O–H groups in total. The van der Waals surface area contributed by atoms with Crippen LogP contribution in [-0.4, -0.2) is 39.9 Å². The number of imidazole rings is 1. The number of carboxylic acid groups (broad SMARTS) is 1. The minimum absolute atomic E-state index is 0.0430. The fourth-order valence-corrected chi connectivity index (χ4v) is 6.25. The summed E-state index contributed by atoms with van der Waals surface area (Å²) in [7, 11) is 1.42. The summed E-state index contributed by atoms with van der Waals surface area (Å²) in [6, 6.07) is 14.2. The van der Waals surface area contributed by atoms with Gasteiger partial charge >= 0.3 is 12.1 Å². The molecule has 0 bridgehead atoms. The van der Waals surface area contributed by atoms with Crippen LogP contribution in [0.1, 0.15) is 69.3 Å². The van der Waals surface area contributed by atoms with E-state index in [-0.39, 0.29) is 24.1 Å². The van der Waals surface area contributed by atoms with Gasteiger partial charge in [0.2, 0.25) is 0 Å². The molecule has 8 heteroatoms. The second kappa shape index (κ2) is 9.08. The van der Waals surface area contributed by atoms with Crippen molar-refractivity contribution in [2.24, 2.45) is 5.92 Å². The third-order valence-corrected chi connectivity index (χ3v) is 8.41. The van der Waals surface area contributed by atoms with Crippen molar-refractivity contribution in [3.8, 4) is 5.75 Å². The molecule has 0 saturated heterocycles. The maximum absolute atomic E-state index is 12.7. The Bertz CT molecular complexity index is 1340. The summed E-state index contributed by atoms with van der Waals surface area (Å²) in [6.07, 6.45) is 5.96. The Morgan fingerprint density at radius 2 is 1.76 bits per heavy atom. The lowest BCUT2D eigenvalue weighted by Gasteiger charge is -2.34. The highest BCUT2D eigenvalue weighted by molar-refractivity contribution is 5.95. The summed E-state index contributed by atoms with van der Waals surface area (Å²) in [5.74, 6) is 0.752. The summed E-state index contributed by atoms with van der Waals surface area (Å²) >= 11 is 0. The van der Waals surface area contributed by atoms with Gasteiger partial charge in [-0.05, 0) is 82.6 Å². The van der Waals surface area contributed by atoms with Gasteiger partial charge in [-0.25, -0.2) is 9.78 Å². The predicted molar refractivity (Wildman–Crippen MR) is 139 cm³/mol. The van der Waals surface area contributed by atoms with Crippen molar-refractivity contribution in [2.45, 2.75) is 76.0 Å². The van der Waals surface area contributed by atoms with Gasteiger partial charge in [-0.2, -0.15) is 0 Å². The van der Waals surface area contributed by atoms with E-state index in [0.717, 1.165) is 72.4 Å². The van der Waals surface area contributed by atoms with Crippen molar-refractivity contribution in [1.29, 1.82) is 0 Å². The number of carboxylic acids is 1. The number of hydrogen-bond acceptors (Lipinski definition) is 5. The van der Waals surface area contributed by atoms with Crippen LogP contribution >= 0.6 is 0 Å². The number of para-hydroxylation sites is 1. The number of benzene rings is 2. The van der Waals surface area contributed by atoms with E-state index in [2.05, 4.69) is 10.6 Å². The molecule has 3 aromatic rings. The van der Waals surface area contributed by atoms with Gasteiger partial charge < -0.3 is 19.1 Å². The minimum Gasteiger partial charge on any atom is -0.481 e. The maximum atomic E-state index is 12.7. The van der Waals surface area contributed by atoms with Gasteiger partial charge in [-0.1, -0.05) is 18.2 Å². The van der Waals surface area contributed by atoms with Gasteiger partial charge in [0, 0.05) is 17.6 Å². The van der Waals surface area contributed by atoms with Crippen molar-refractivity contribution in [3.63, 3.8) is 0 Å². The third kappa shape index (κ3) is 4.03. The van der Waals surface area contributed by atoms with E-state index in [4.69, 9.17) is 14.5 Å². The van der Waals surface area contributed by atoms with Gasteiger partial charge in [0.1, 0.15) is 5.75 Å². The van der Waals surface area contributed by atoms with Crippen LogP contribution in [-0.2, 0) is 21.6 Å². The molecule has 2 heterocycles. The van der Waals surface area contributed by atoms with Crippen LogP contribution in [0, 0.1) is 5.92 Å². The Morgan fingerprint density at radius 3 is 2.41 bits per heavy atom. The second-order valence-corrected chi connectivity index (χ2v) is 10.7. The Labute approximate surface area is 216 Å². The number of aliphatic carboxylic acids is 1. The first-order chi connectivity index (χ1) is 17.9. The average molecular weight is 504 g/mol. The number of rotatable bonds is 5. The van der Waals surface area contributed by atoms with Crippen molar-refractivity contribution in [1.82, 2.24) is 9.55 Å². The zero-order valence-electron chi connectivity index (χ0n) is 21.4. The number of methoxy groups -OCH3 is 1. The van der Waals surface area contributed by atoms with Crippen LogP contribution in [0.4, 0.5) is 10.5 Å². The molecule has 3 aliphatic rings. The van der Waals surface area contributed by atoms with Crippen molar-refractivity contribution in [2.75, 3.05) is 12.0 Å². The van der Waals surface area contributed by atoms with Crippen LogP contribution in [0.15, 0.2) is 42.5 Å². The molecule has 194 valence electrons. The molecule has 2 fully saturated rings. The SMILES string of the molecule is COC(=O)N1c2ccc3c(nc(C4(Oc5ccccc5)CC4)n3C3CCC(C(=O)O)CC3)c2CC[C@@H]1C. The lowest BCUT2D eigenvalue weighted by molar-refractivity contribution is -0.143. The van der Waals surface area contributed by atoms with Gasteiger partial charge in [0.25, 0.3) is 0 Å². The first-order valence-electron chi connectivity index (χ1n) is 13.3. The number of fused-ring (bicyclic) bond motifs is 3. The lowest BCUT2D eigenvalue weighted by Crippen LogP contribution is -2.42. The van der Waals surface area contributed by atoms with Crippen LogP contribution in [0.2, 0.25) is 0 Å². The Hall–Kier alpha value is -3.55. The van der Waals surface area contributed by atoms with Crippen molar-refractivity contribution < 1.29 is 24.2 Å². The molecule has 0 unspecified atom stereocenters. The molecule has 0 spiro atoms. The predicted octanol–water partition coefficient (Wildman–Crippen LogP) is 5.83. The highest BCUT2D eigenvalue weighted by Crippen LogP contribution is 2.52. The summed E-state index contributed by atoms with van der Waals surface area (Å²) in [5.41, 5.74) is 3.38. The second-order valence-electron chi connectivity index (χ2n) is 10.7. The van der Waals surface area contributed by atoms with Crippen LogP contribution in [0.3, 0.4) is 0 Å². The monoisotopic (exact) mass is 503 g/mol. The molecule has 0 radical (unpaired) electrons. The van der Waals surface area contributed by atoms with Gasteiger partial charge in [0.05, 0.1) is 29.7 Å². The van der Waals surface area contributed by atoms with Gasteiger partial charge in [-0.15, -0.1) is 0 Å². The van der Waals surface area contributed by atoms with E-state index in [1.54, 1.807) is 4.90 Å². The number of carbonyl (C=O) groups is 2. The molecule has 1 amide bonds. The largest absolute Gasteiger partial charge is 0.481 e. The summed E-state index contributed by atoms with van der Waals surface area (Å²) in [4.78, 5) is 31.3. The third-order valence-electron chi connectivity index (χ3n) is 8.41.